The summed E-state index contributed by atoms with van der Waals surface area (Å²) in [6.07, 6.45) is 3.65. The maximum absolute atomic E-state index is 6.26. The predicted octanol–water partition coefficient (Wildman–Crippen LogP) is 4.51. The molecule has 1 heterocycles. The molecule has 0 spiro atoms. The SMILES string of the molecule is COc1cccc(Cl)c1CNc1cccc2cnccc12. The molecule has 0 unspecified atom stereocenters. The van der Waals surface area contributed by atoms with Crippen LogP contribution in [-0.4, -0.2) is 12.1 Å². The van der Waals surface area contributed by atoms with Gasteiger partial charge in [-0.25, -0.2) is 0 Å². The first-order valence-electron chi connectivity index (χ1n) is 6.67. The largest absolute Gasteiger partial charge is 0.496 e. The molecule has 2 aromatic carbocycles. The number of pyridine rings is 1. The molecule has 0 aliphatic heterocycles. The maximum atomic E-state index is 6.26. The van der Waals surface area contributed by atoms with E-state index in [-0.39, 0.29) is 0 Å². The number of ether oxygens (including phenoxy) is 1. The highest BCUT2D eigenvalue weighted by Gasteiger charge is 2.08. The highest BCUT2D eigenvalue weighted by atomic mass is 35.5. The fraction of sp³-hybridized carbons (Fsp3) is 0.118. The van der Waals surface area contributed by atoms with Crippen LogP contribution in [0.15, 0.2) is 54.9 Å². The van der Waals surface area contributed by atoms with Gasteiger partial charge in [0.05, 0.1) is 7.11 Å². The summed E-state index contributed by atoms with van der Waals surface area (Å²) in [7, 11) is 1.65. The Balaban J connectivity index is 1.91. The molecule has 3 aromatic rings. The average molecular weight is 299 g/mol. The van der Waals surface area contributed by atoms with Crippen molar-refractivity contribution < 1.29 is 4.74 Å². The van der Waals surface area contributed by atoms with E-state index in [2.05, 4.69) is 10.3 Å². The third-order valence-electron chi connectivity index (χ3n) is 3.43. The number of halogens is 1. The number of nitrogens with zero attached hydrogens (tertiary/aromatic N) is 1. The Morgan fingerprint density at radius 3 is 2.86 bits per heavy atom. The molecule has 0 atom stereocenters. The summed E-state index contributed by atoms with van der Waals surface area (Å²) >= 11 is 6.26. The number of benzene rings is 2. The summed E-state index contributed by atoms with van der Waals surface area (Å²) in [5.74, 6) is 0.789. The first kappa shape index (κ1) is 13.7. The zero-order valence-corrected chi connectivity index (χ0v) is 12.4. The second kappa shape index (κ2) is 6.02. The van der Waals surface area contributed by atoms with Gasteiger partial charge in [0.2, 0.25) is 0 Å². The van der Waals surface area contributed by atoms with Gasteiger partial charge in [-0.15, -0.1) is 0 Å². The lowest BCUT2D eigenvalue weighted by Gasteiger charge is -2.13. The zero-order chi connectivity index (χ0) is 14.7. The minimum Gasteiger partial charge on any atom is -0.496 e. The minimum atomic E-state index is 0.601. The van der Waals surface area contributed by atoms with Gasteiger partial charge in [-0.2, -0.15) is 0 Å². The van der Waals surface area contributed by atoms with E-state index in [9.17, 15) is 0 Å². The van der Waals surface area contributed by atoms with Gasteiger partial charge in [-0.05, 0) is 24.3 Å². The molecule has 1 aromatic heterocycles. The molecule has 0 amide bonds. The molecule has 0 aliphatic carbocycles. The molecule has 0 saturated carbocycles. The van der Waals surface area contributed by atoms with Crippen molar-refractivity contribution in [2.75, 3.05) is 12.4 Å². The van der Waals surface area contributed by atoms with E-state index in [1.807, 2.05) is 48.7 Å². The molecule has 0 bridgehead atoms. The number of methoxy groups -OCH3 is 1. The van der Waals surface area contributed by atoms with E-state index in [1.54, 1.807) is 13.3 Å². The van der Waals surface area contributed by atoms with Gasteiger partial charge in [0.25, 0.3) is 0 Å². The number of nitrogens with one attached hydrogen (secondary N) is 1. The van der Waals surface area contributed by atoms with Gasteiger partial charge in [0.15, 0.2) is 0 Å². The molecule has 3 rings (SSSR count). The van der Waals surface area contributed by atoms with E-state index < -0.39 is 0 Å². The summed E-state index contributed by atoms with van der Waals surface area (Å²) in [6, 6.07) is 13.8. The molecule has 0 fully saturated rings. The smallest absolute Gasteiger partial charge is 0.125 e. The summed E-state index contributed by atoms with van der Waals surface area (Å²) in [5.41, 5.74) is 2.00. The summed E-state index contributed by atoms with van der Waals surface area (Å²) in [4.78, 5) is 4.14. The minimum absolute atomic E-state index is 0.601. The van der Waals surface area contributed by atoms with Crippen LogP contribution < -0.4 is 10.1 Å². The monoisotopic (exact) mass is 298 g/mol. The summed E-state index contributed by atoms with van der Waals surface area (Å²) in [6.45, 7) is 0.601. The lowest BCUT2D eigenvalue weighted by Crippen LogP contribution is -2.03. The van der Waals surface area contributed by atoms with Crippen LogP contribution in [0, 0.1) is 0 Å². The Bertz CT molecular complexity index is 768. The zero-order valence-electron chi connectivity index (χ0n) is 11.6. The highest BCUT2D eigenvalue weighted by Crippen LogP contribution is 2.28. The highest BCUT2D eigenvalue weighted by molar-refractivity contribution is 6.31. The van der Waals surface area contributed by atoms with Crippen molar-refractivity contribution in [2.24, 2.45) is 0 Å². The van der Waals surface area contributed by atoms with Crippen LogP contribution in [0.3, 0.4) is 0 Å². The second-order valence-corrected chi connectivity index (χ2v) is 5.08. The fourth-order valence-electron chi connectivity index (χ4n) is 2.36. The fourth-order valence-corrected chi connectivity index (χ4v) is 2.59. The van der Waals surface area contributed by atoms with Crippen LogP contribution in [0.25, 0.3) is 10.8 Å². The molecule has 4 heteroatoms. The van der Waals surface area contributed by atoms with Crippen molar-refractivity contribution in [3.63, 3.8) is 0 Å². The van der Waals surface area contributed by atoms with Crippen molar-refractivity contribution in [3.05, 3.63) is 65.4 Å². The molecular weight excluding hydrogens is 284 g/mol. The normalized spacial score (nSPS) is 10.6. The predicted molar refractivity (Wildman–Crippen MR) is 87.1 cm³/mol. The number of hydrogen-bond acceptors (Lipinski definition) is 3. The standard InChI is InChI=1S/C17H15ClN2O/c1-21-17-7-3-5-15(18)14(17)11-20-16-6-2-4-12-10-19-9-8-13(12)16/h2-10,20H,11H2,1H3. The Kier molecular flexibility index (Phi) is 3.93. The van der Waals surface area contributed by atoms with Gasteiger partial charge in [-0.1, -0.05) is 29.8 Å². The topological polar surface area (TPSA) is 34.1 Å². The Morgan fingerprint density at radius 1 is 1.14 bits per heavy atom. The van der Waals surface area contributed by atoms with Crippen LogP contribution in [0.5, 0.6) is 5.75 Å². The van der Waals surface area contributed by atoms with Crippen molar-refractivity contribution in [1.82, 2.24) is 4.98 Å². The number of rotatable bonds is 4. The van der Waals surface area contributed by atoms with Crippen molar-refractivity contribution in [1.29, 1.82) is 0 Å². The van der Waals surface area contributed by atoms with Crippen LogP contribution >= 0.6 is 11.6 Å². The Hall–Kier alpha value is -2.26. The number of hydrogen-bond donors (Lipinski definition) is 1. The van der Waals surface area contributed by atoms with Crippen LogP contribution in [0.2, 0.25) is 5.02 Å². The third-order valence-corrected chi connectivity index (χ3v) is 3.79. The van der Waals surface area contributed by atoms with Crippen molar-refractivity contribution >= 4 is 28.1 Å². The quantitative estimate of drug-likeness (QED) is 0.769. The number of fused-ring (bicyclic) bond motifs is 1. The maximum Gasteiger partial charge on any atom is 0.125 e. The van der Waals surface area contributed by atoms with E-state index in [1.165, 1.54) is 0 Å². The van der Waals surface area contributed by atoms with Crippen LogP contribution in [0.1, 0.15) is 5.56 Å². The molecule has 1 N–H and O–H groups in total. The molecule has 0 aliphatic rings. The van der Waals surface area contributed by atoms with Crippen molar-refractivity contribution in [2.45, 2.75) is 6.54 Å². The van der Waals surface area contributed by atoms with Gasteiger partial charge in [0.1, 0.15) is 5.75 Å². The Morgan fingerprint density at radius 2 is 2.00 bits per heavy atom. The lowest BCUT2D eigenvalue weighted by atomic mass is 10.1. The molecule has 106 valence electrons. The molecule has 0 saturated heterocycles. The summed E-state index contributed by atoms with van der Waals surface area (Å²) in [5, 5.41) is 6.37. The second-order valence-electron chi connectivity index (χ2n) is 4.68. The molecule has 21 heavy (non-hydrogen) atoms. The van der Waals surface area contributed by atoms with Gasteiger partial charge < -0.3 is 10.1 Å². The Labute approximate surface area is 128 Å². The first-order chi connectivity index (χ1) is 10.3. The number of aromatic nitrogens is 1. The van der Waals surface area contributed by atoms with Gasteiger partial charge >= 0.3 is 0 Å². The third kappa shape index (κ3) is 2.78. The van der Waals surface area contributed by atoms with Gasteiger partial charge in [0, 0.05) is 46.0 Å². The first-order valence-corrected chi connectivity index (χ1v) is 7.05. The summed E-state index contributed by atoms with van der Waals surface area (Å²) < 4.78 is 5.37. The van der Waals surface area contributed by atoms with E-state index in [4.69, 9.17) is 16.3 Å². The molecule has 3 nitrogen and oxygen atoms in total. The van der Waals surface area contributed by atoms with Crippen LogP contribution in [-0.2, 0) is 6.54 Å². The van der Waals surface area contributed by atoms with Gasteiger partial charge in [-0.3, -0.25) is 4.98 Å². The van der Waals surface area contributed by atoms with E-state index in [0.29, 0.717) is 11.6 Å². The van der Waals surface area contributed by atoms with Crippen LogP contribution in [0.4, 0.5) is 5.69 Å². The van der Waals surface area contributed by atoms with Crippen molar-refractivity contribution in [3.8, 4) is 5.75 Å². The lowest BCUT2D eigenvalue weighted by molar-refractivity contribution is 0.410. The van der Waals surface area contributed by atoms with E-state index >= 15 is 0 Å². The molecular formula is C17H15ClN2O. The average Bonchev–Trinajstić information content (AvgIpc) is 2.53. The number of anilines is 1. The molecule has 0 radical (unpaired) electrons. The van der Waals surface area contributed by atoms with E-state index in [0.717, 1.165) is 27.8 Å².